The van der Waals surface area contributed by atoms with Gasteiger partial charge in [-0.05, 0) is 38.1 Å². The lowest BCUT2D eigenvalue weighted by atomic mass is 10.1. The van der Waals surface area contributed by atoms with Crippen molar-refractivity contribution in [1.29, 1.82) is 0 Å². The molecular formula is C21H22N2O6. The molecule has 2 aromatic carbocycles. The van der Waals surface area contributed by atoms with Crippen LogP contribution in [0.3, 0.4) is 0 Å². The number of carbonyl (C=O) groups excluding carboxylic acids is 4. The van der Waals surface area contributed by atoms with E-state index in [0.29, 0.717) is 29.2 Å². The van der Waals surface area contributed by atoms with Gasteiger partial charge in [0, 0.05) is 5.56 Å². The Morgan fingerprint density at radius 2 is 1.59 bits per heavy atom. The minimum Gasteiger partial charge on any atom is -0.493 e. The molecule has 0 aliphatic rings. The molecule has 152 valence electrons. The molecule has 0 unspecified atom stereocenters. The smallest absolute Gasteiger partial charge is 0.325 e. The minimum atomic E-state index is -0.776. The number of rotatable bonds is 9. The SMILES string of the molecule is CCOc1ccccc1C(=O)NCC(=O)OCC(=O)Nc1ccccc1C(C)=O. The van der Waals surface area contributed by atoms with Crippen molar-refractivity contribution in [3.63, 3.8) is 0 Å². The van der Waals surface area contributed by atoms with Crippen LogP contribution in [0.15, 0.2) is 48.5 Å². The van der Waals surface area contributed by atoms with Crippen molar-refractivity contribution >= 4 is 29.3 Å². The van der Waals surface area contributed by atoms with E-state index >= 15 is 0 Å². The summed E-state index contributed by atoms with van der Waals surface area (Å²) in [5.74, 6) is -1.66. The van der Waals surface area contributed by atoms with E-state index < -0.39 is 30.9 Å². The number of ether oxygens (including phenoxy) is 2. The van der Waals surface area contributed by atoms with Crippen LogP contribution in [-0.2, 0) is 14.3 Å². The highest BCUT2D eigenvalue weighted by Crippen LogP contribution is 2.17. The Kier molecular flexibility index (Phi) is 7.90. The average Bonchev–Trinajstić information content (AvgIpc) is 2.71. The minimum absolute atomic E-state index is 0.201. The van der Waals surface area contributed by atoms with E-state index in [0.717, 1.165) is 0 Å². The summed E-state index contributed by atoms with van der Waals surface area (Å²) in [4.78, 5) is 47.6. The summed E-state index contributed by atoms with van der Waals surface area (Å²) in [6.07, 6.45) is 0. The van der Waals surface area contributed by atoms with Crippen molar-refractivity contribution in [3.05, 3.63) is 59.7 Å². The molecule has 0 fully saturated rings. The van der Waals surface area contributed by atoms with Gasteiger partial charge in [-0.3, -0.25) is 19.2 Å². The summed E-state index contributed by atoms with van der Waals surface area (Å²) in [6, 6.07) is 13.2. The molecule has 0 aliphatic carbocycles. The standard InChI is InChI=1S/C21H22N2O6/c1-3-28-18-11-7-5-9-16(18)21(27)22-12-20(26)29-13-19(25)23-17-10-6-4-8-15(17)14(2)24/h4-11H,3,12-13H2,1-2H3,(H,22,27)(H,23,25). The van der Waals surface area contributed by atoms with E-state index in [1.807, 2.05) is 0 Å². The second-order valence-electron chi connectivity index (χ2n) is 5.92. The second-order valence-corrected chi connectivity index (χ2v) is 5.92. The number of Topliss-reactive ketones (excluding diaryl/α,β-unsaturated/α-hetero) is 1. The van der Waals surface area contributed by atoms with Crippen LogP contribution in [0.2, 0.25) is 0 Å². The molecule has 8 heteroatoms. The van der Waals surface area contributed by atoms with Crippen LogP contribution in [-0.4, -0.2) is 43.3 Å². The lowest BCUT2D eigenvalue weighted by molar-refractivity contribution is -0.146. The lowest BCUT2D eigenvalue weighted by Gasteiger charge is -2.11. The Hall–Kier alpha value is -3.68. The van der Waals surface area contributed by atoms with E-state index in [2.05, 4.69) is 10.6 Å². The highest BCUT2D eigenvalue weighted by Gasteiger charge is 2.15. The molecule has 0 saturated heterocycles. The molecule has 0 aliphatic heterocycles. The van der Waals surface area contributed by atoms with Crippen LogP contribution in [0.25, 0.3) is 0 Å². The zero-order chi connectivity index (χ0) is 21.2. The average molecular weight is 398 g/mol. The number of anilines is 1. The van der Waals surface area contributed by atoms with Crippen LogP contribution >= 0.6 is 0 Å². The fourth-order valence-corrected chi connectivity index (χ4v) is 2.47. The van der Waals surface area contributed by atoms with E-state index in [1.54, 1.807) is 55.5 Å². The highest BCUT2D eigenvalue weighted by molar-refractivity contribution is 6.04. The van der Waals surface area contributed by atoms with Gasteiger partial charge in [0.15, 0.2) is 12.4 Å². The normalized spacial score (nSPS) is 10.0. The van der Waals surface area contributed by atoms with Gasteiger partial charge >= 0.3 is 5.97 Å². The molecule has 0 bridgehead atoms. The van der Waals surface area contributed by atoms with Crippen LogP contribution in [0.5, 0.6) is 5.75 Å². The summed E-state index contributed by atoms with van der Waals surface area (Å²) < 4.78 is 10.2. The number of hydrogen-bond acceptors (Lipinski definition) is 6. The first-order chi connectivity index (χ1) is 13.9. The Morgan fingerprint density at radius 1 is 0.931 bits per heavy atom. The fraction of sp³-hybridized carbons (Fsp3) is 0.238. The zero-order valence-electron chi connectivity index (χ0n) is 16.2. The molecule has 2 aromatic rings. The van der Waals surface area contributed by atoms with E-state index in [9.17, 15) is 19.2 Å². The molecule has 29 heavy (non-hydrogen) atoms. The third-order valence-corrected chi connectivity index (χ3v) is 3.77. The van der Waals surface area contributed by atoms with E-state index in [1.165, 1.54) is 6.92 Å². The maximum absolute atomic E-state index is 12.2. The number of nitrogens with one attached hydrogen (secondary N) is 2. The summed E-state index contributed by atoms with van der Waals surface area (Å²) >= 11 is 0. The van der Waals surface area contributed by atoms with Gasteiger partial charge in [0.05, 0.1) is 17.9 Å². The predicted molar refractivity (Wildman–Crippen MR) is 106 cm³/mol. The first-order valence-corrected chi connectivity index (χ1v) is 8.97. The van der Waals surface area contributed by atoms with Gasteiger partial charge in [-0.1, -0.05) is 24.3 Å². The molecule has 0 atom stereocenters. The van der Waals surface area contributed by atoms with Crippen LogP contribution in [0.4, 0.5) is 5.69 Å². The van der Waals surface area contributed by atoms with Gasteiger partial charge in [-0.25, -0.2) is 0 Å². The van der Waals surface area contributed by atoms with E-state index in [-0.39, 0.29) is 5.78 Å². The van der Waals surface area contributed by atoms with Crippen molar-refractivity contribution in [2.45, 2.75) is 13.8 Å². The molecule has 0 aromatic heterocycles. The van der Waals surface area contributed by atoms with E-state index in [4.69, 9.17) is 9.47 Å². The maximum atomic E-state index is 12.2. The van der Waals surface area contributed by atoms with Gasteiger partial charge < -0.3 is 20.1 Å². The summed E-state index contributed by atoms with van der Waals surface area (Å²) in [5.41, 5.74) is 0.981. The van der Waals surface area contributed by atoms with Crippen LogP contribution < -0.4 is 15.4 Å². The zero-order valence-corrected chi connectivity index (χ0v) is 16.2. The number of hydrogen-bond donors (Lipinski definition) is 2. The molecule has 2 amide bonds. The third-order valence-electron chi connectivity index (χ3n) is 3.77. The van der Waals surface area contributed by atoms with Gasteiger partial charge in [-0.15, -0.1) is 0 Å². The van der Waals surface area contributed by atoms with Gasteiger partial charge in [0.1, 0.15) is 12.3 Å². The fourth-order valence-electron chi connectivity index (χ4n) is 2.47. The Balaban J connectivity index is 1.82. The molecule has 8 nitrogen and oxygen atoms in total. The topological polar surface area (TPSA) is 111 Å². The van der Waals surface area contributed by atoms with Crippen molar-refractivity contribution in [3.8, 4) is 5.75 Å². The number of carbonyl (C=O) groups is 4. The van der Waals surface area contributed by atoms with Gasteiger partial charge in [0.2, 0.25) is 0 Å². The Morgan fingerprint density at radius 3 is 2.28 bits per heavy atom. The number of benzene rings is 2. The monoisotopic (exact) mass is 398 g/mol. The quantitative estimate of drug-likeness (QED) is 0.495. The number of amides is 2. The molecule has 2 N–H and O–H groups in total. The van der Waals surface area contributed by atoms with Crippen molar-refractivity contribution < 1.29 is 28.7 Å². The van der Waals surface area contributed by atoms with Crippen LogP contribution in [0.1, 0.15) is 34.6 Å². The molecule has 0 heterocycles. The van der Waals surface area contributed by atoms with Crippen LogP contribution in [0, 0.1) is 0 Å². The Labute approximate surface area is 168 Å². The second kappa shape index (κ2) is 10.6. The third kappa shape index (κ3) is 6.46. The summed E-state index contributed by atoms with van der Waals surface area (Å²) in [6.45, 7) is 2.63. The molecule has 0 spiro atoms. The highest BCUT2D eigenvalue weighted by atomic mass is 16.5. The summed E-state index contributed by atoms with van der Waals surface area (Å²) in [7, 11) is 0. The molecule has 0 saturated carbocycles. The van der Waals surface area contributed by atoms with Crippen molar-refractivity contribution in [2.24, 2.45) is 0 Å². The first kappa shape index (κ1) is 21.6. The van der Waals surface area contributed by atoms with Gasteiger partial charge in [-0.2, -0.15) is 0 Å². The first-order valence-electron chi connectivity index (χ1n) is 8.97. The maximum Gasteiger partial charge on any atom is 0.325 e. The van der Waals surface area contributed by atoms with Crippen molar-refractivity contribution in [2.75, 3.05) is 25.1 Å². The largest absolute Gasteiger partial charge is 0.493 e. The molecule has 0 radical (unpaired) electrons. The molecule has 2 rings (SSSR count). The summed E-state index contributed by atoms with van der Waals surface area (Å²) in [5, 5.41) is 4.94. The van der Waals surface area contributed by atoms with Crippen molar-refractivity contribution in [1.82, 2.24) is 5.32 Å². The Bertz CT molecular complexity index is 910. The molecular weight excluding hydrogens is 376 g/mol. The number of esters is 1. The predicted octanol–water partition coefficient (Wildman–Crippen LogP) is 2.20. The lowest BCUT2D eigenvalue weighted by Crippen LogP contribution is -2.32. The number of para-hydroxylation sites is 2. The van der Waals surface area contributed by atoms with Gasteiger partial charge in [0.25, 0.3) is 11.8 Å². The number of ketones is 1.